The molecule has 0 saturated carbocycles. The second-order valence-corrected chi connectivity index (χ2v) is 7.26. The minimum absolute atomic E-state index is 0.0133. The highest BCUT2D eigenvalue weighted by Crippen LogP contribution is 2.35. The Balaban J connectivity index is 1.96. The number of Topliss-reactive ketones (excluding diaryl/α,β-unsaturated/α-hetero) is 1. The molecule has 2 rings (SSSR count). The average Bonchev–Trinajstić information content (AvgIpc) is 2.50. The van der Waals surface area contributed by atoms with Crippen LogP contribution < -0.4 is 5.73 Å². The molecular weight excluding hydrogens is 312 g/mol. The van der Waals surface area contributed by atoms with E-state index in [1.165, 1.54) is 0 Å². The van der Waals surface area contributed by atoms with Crippen molar-refractivity contribution in [1.82, 2.24) is 4.90 Å². The second kappa shape index (κ2) is 6.75. The van der Waals surface area contributed by atoms with Gasteiger partial charge in [0.15, 0.2) is 5.78 Å². The molecular formula is C18H23ClN2O2. The molecule has 1 aliphatic rings. The highest BCUT2D eigenvalue weighted by molar-refractivity contribution is 6.30. The molecule has 0 spiro atoms. The van der Waals surface area contributed by atoms with Gasteiger partial charge < -0.3 is 10.6 Å². The summed E-state index contributed by atoms with van der Waals surface area (Å²) in [7, 11) is 1.78. The van der Waals surface area contributed by atoms with Gasteiger partial charge in [0.25, 0.3) is 5.91 Å². The average molecular weight is 335 g/mol. The van der Waals surface area contributed by atoms with Crippen molar-refractivity contribution in [2.75, 3.05) is 13.6 Å². The number of benzene rings is 1. The molecule has 23 heavy (non-hydrogen) atoms. The van der Waals surface area contributed by atoms with E-state index in [1.54, 1.807) is 36.2 Å². The van der Waals surface area contributed by atoms with Crippen molar-refractivity contribution in [3.8, 4) is 0 Å². The molecule has 0 aliphatic heterocycles. The lowest BCUT2D eigenvalue weighted by molar-refractivity contribution is -0.124. The van der Waals surface area contributed by atoms with Crippen molar-refractivity contribution in [3.05, 3.63) is 46.6 Å². The number of ketones is 1. The van der Waals surface area contributed by atoms with E-state index in [-0.39, 0.29) is 17.6 Å². The maximum atomic E-state index is 12.4. The number of amides is 1. The Bertz CT molecular complexity index is 635. The van der Waals surface area contributed by atoms with E-state index in [0.717, 1.165) is 12.8 Å². The van der Waals surface area contributed by atoms with Gasteiger partial charge in [0.05, 0.1) is 5.70 Å². The smallest absolute Gasteiger partial charge is 0.253 e. The molecule has 0 radical (unpaired) electrons. The summed E-state index contributed by atoms with van der Waals surface area (Å²) in [6.07, 6.45) is 3.39. The van der Waals surface area contributed by atoms with Crippen LogP contribution in [0.15, 0.2) is 36.0 Å². The second-order valence-electron chi connectivity index (χ2n) is 6.82. The number of allylic oxidation sites excluding steroid dienone is 2. The molecule has 4 nitrogen and oxygen atoms in total. The summed E-state index contributed by atoms with van der Waals surface area (Å²) in [5.74, 6) is 0.187. The predicted octanol–water partition coefficient (Wildman–Crippen LogP) is 3.26. The number of hydrogen-bond acceptors (Lipinski definition) is 3. The number of nitrogens with two attached hydrogens (primary N) is 1. The van der Waals surface area contributed by atoms with Crippen LogP contribution in [0.4, 0.5) is 0 Å². The van der Waals surface area contributed by atoms with Gasteiger partial charge in [0.2, 0.25) is 0 Å². The minimum atomic E-state index is -0.428. The number of nitrogens with zero attached hydrogens (tertiary/aromatic N) is 1. The standard InChI is InChI=1S/C18H23ClN2O2/c1-18(2)11-12(10-15(20)16(18)22)8-9-21(3)17(23)13-4-6-14(19)7-5-13/h4-7,10,12H,8-9,11,20H2,1-3H3. The first-order valence-corrected chi connectivity index (χ1v) is 8.11. The van der Waals surface area contributed by atoms with Crippen molar-refractivity contribution in [2.45, 2.75) is 26.7 Å². The van der Waals surface area contributed by atoms with E-state index in [4.69, 9.17) is 17.3 Å². The van der Waals surface area contributed by atoms with Crippen LogP contribution in [0.25, 0.3) is 0 Å². The SMILES string of the molecule is CN(CCC1C=C(N)C(=O)C(C)(C)C1)C(=O)c1ccc(Cl)cc1. The van der Waals surface area contributed by atoms with Gasteiger partial charge in [-0.05, 0) is 43.0 Å². The molecule has 1 amide bonds. The lowest BCUT2D eigenvalue weighted by atomic mass is 9.73. The molecule has 0 aromatic heterocycles. The summed E-state index contributed by atoms with van der Waals surface area (Å²) >= 11 is 5.84. The first-order chi connectivity index (χ1) is 10.7. The van der Waals surface area contributed by atoms with Crippen LogP contribution in [-0.2, 0) is 4.79 Å². The number of carbonyl (C=O) groups excluding carboxylic acids is 2. The highest BCUT2D eigenvalue weighted by atomic mass is 35.5. The van der Waals surface area contributed by atoms with Gasteiger partial charge in [-0.2, -0.15) is 0 Å². The third kappa shape index (κ3) is 4.14. The maximum Gasteiger partial charge on any atom is 0.253 e. The topological polar surface area (TPSA) is 63.4 Å². The van der Waals surface area contributed by atoms with Gasteiger partial charge >= 0.3 is 0 Å². The predicted molar refractivity (Wildman–Crippen MR) is 92.2 cm³/mol. The summed E-state index contributed by atoms with van der Waals surface area (Å²) in [6, 6.07) is 6.87. The zero-order valence-electron chi connectivity index (χ0n) is 13.8. The molecule has 1 aromatic rings. The number of hydrogen-bond donors (Lipinski definition) is 1. The molecule has 124 valence electrons. The van der Waals surface area contributed by atoms with E-state index in [1.807, 2.05) is 19.9 Å². The first-order valence-electron chi connectivity index (χ1n) is 7.74. The van der Waals surface area contributed by atoms with Crippen molar-refractivity contribution >= 4 is 23.3 Å². The Kier molecular flexibility index (Phi) is 5.15. The Morgan fingerprint density at radius 1 is 1.35 bits per heavy atom. The Hall–Kier alpha value is -1.81. The molecule has 1 atom stereocenters. The molecule has 0 heterocycles. The lowest BCUT2D eigenvalue weighted by Gasteiger charge is -2.32. The van der Waals surface area contributed by atoms with Crippen LogP contribution in [0.2, 0.25) is 5.02 Å². The van der Waals surface area contributed by atoms with Crippen molar-refractivity contribution in [2.24, 2.45) is 17.1 Å². The zero-order valence-corrected chi connectivity index (χ0v) is 14.6. The van der Waals surface area contributed by atoms with E-state index < -0.39 is 5.41 Å². The van der Waals surface area contributed by atoms with Crippen LogP contribution >= 0.6 is 11.6 Å². The van der Waals surface area contributed by atoms with Gasteiger partial charge in [-0.3, -0.25) is 9.59 Å². The lowest BCUT2D eigenvalue weighted by Crippen LogP contribution is -2.36. The first kappa shape index (κ1) is 17.5. The Morgan fingerprint density at radius 2 is 1.96 bits per heavy atom. The quantitative estimate of drug-likeness (QED) is 0.919. The van der Waals surface area contributed by atoms with Crippen LogP contribution in [0.1, 0.15) is 37.0 Å². The summed E-state index contributed by atoms with van der Waals surface area (Å²) in [4.78, 5) is 26.0. The van der Waals surface area contributed by atoms with Gasteiger partial charge in [-0.25, -0.2) is 0 Å². The van der Waals surface area contributed by atoms with Gasteiger partial charge in [-0.15, -0.1) is 0 Å². The van der Waals surface area contributed by atoms with E-state index in [9.17, 15) is 9.59 Å². The van der Waals surface area contributed by atoms with Crippen molar-refractivity contribution < 1.29 is 9.59 Å². The number of halogens is 1. The number of rotatable bonds is 4. The normalized spacial score (nSPS) is 20.1. The van der Waals surface area contributed by atoms with Crippen molar-refractivity contribution in [1.29, 1.82) is 0 Å². The fraction of sp³-hybridized carbons (Fsp3) is 0.444. The summed E-state index contributed by atoms with van der Waals surface area (Å²) in [6.45, 7) is 4.45. The molecule has 0 saturated heterocycles. The van der Waals surface area contributed by atoms with E-state index >= 15 is 0 Å². The van der Waals surface area contributed by atoms with Crippen LogP contribution in [0.5, 0.6) is 0 Å². The summed E-state index contributed by atoms with van der Waals surface area (Å²) < 4.78 is 0. The van der Waals surface area contributed by atoms with E-state index in [2.05, 4.69) is 0 Å². The third-order valence-corrected chi connectivity index (χ3v) is 4.59. The molecule has 0 bridgehead atoms. The van der Waals surface area contributed by atoms with Crippen LogP contribution in [0, 0.1) is 11.3 Å². The monoisotopic (exact) mass is 334 g/mol. The van der Waals surface area contributed by atoms with Gasteiger partial charge in [0.1, 0.15) is 0 Å². The molecule has 1 aromatic carbocycles. The zero-order chi connectivity index (χ0) is 17.2. The Morgan fingerprint density at radius 3 is 2.52 bits per heavy atom. The summed E-state index contributed by atoms with van der Waals surface area (Å²) in [5.41, 5.74) is 6.37. The maximum absolute atomic E-state index is 12.4. The van der Waals surface area contributed by atoms with Crippen molar-refractivity contribution in [3.63, 3.8) is 0 Å². The molecule has 1 aliphatic carbocycles. The summed E-state index contributed by atoms with van der Waals surface area (Å²) in [5, 5.41) is 0.610. The van der Waals surface area contributed by atoms with E-state index in [0.29, 0.717) is 22.8 Å². The van der Waals surface area contributed by atoms with Gasteiger partial charge in [0, 0.05) is 29.6 Å². The molecule has 0 fully saturated rings. The largest absolute Gasteiger partial charge is 0.396 e. The molecule has 5 heteroatoms. The third-order valence-electron chi connectivity index (χ3n) is 4.34. The van der Waals surface area contributed by atoms with Crippen LogP contribution in [-0.4, -0.2) is 30.2 Å². The molecule has 1 unspecified atom stereocenters. The van der Waals surface area contributed by atoms with Gasteiger partial charge in [-0.1, -0.05) is 31.5 Å². The molecule has 2 N–H and O–H groups in total. The fourth-order valence-electron chi connectivity index (χ4n) is 2.99. The Labute approximate surface area is 142 Å². The fourth-order valence-corrected chi connectivity index (χ4v) is 3.11. The minimum Gasteiger partial charge on any atom is -0.396 e. The highest BCUT2D eigenvalue weighted by Gasteiger charge is 2.35. The number of carbonyl (C=O) groups is 2. The van der Waals surface area contributed by atoms with Crippen LogP contribution in [0.3, 0.4) is 0 Å².